The third-order valence-corrected chi connectivity index (χ3v) is 11.4. The Hall–Kier alpha value is -8.06. The predicted molar refractivity (Wildman–Crippen MR) is 225 cm³/mol. The van der Waals surface area contributed by atoms with E-state index in [1.54, 1.807) is 0 Å². The second kappa shape index (κ2) is 11.2. The van der Waals surface area contributed by atoms with Gasteiger partial charge in [0, 0.05) is 65.6 Å². The van der Waals surface area contributed by atoms with E-state index in [0.717, 1.165) is 98.9 Å². The lowest BCUT2D eigenvalue weighted by Gasteiger charge is -2.14. The normalized spacial score (nSPS) is 11.9. The van der Waals surface area contributed by atoms with E-state index in [1.807, 2.05) is 97.1 Å². The van der Waals surface area contributed by atoms with Crippen molar-refractivity contribution >= 4 is 87.5 Å². The van der Waals surface area contributed by atoms with Crippen molar-refractivity contribution in [2.45, 2.75) is 0 Å². The molecule has 0 saturated heterocycles. The molecule has 0 spiro atoms. The monoisotopic (exact) mass is 714 g/mol. The highest BCUT2D eigenvalue weighted by Gasteiger charge is 2.22. The second-order valence-electron chi connectivity index (χ2n) is 14.3. The Morgan fingerprint density at radius 3 is 1.21 bits per heavy atom. The molecule has 0 aliphatic heterocycles. The Kier molecular flexibility index (Phi) is 6.10. The summed E-state index contributed by atoms with van der Waals surface area (Å²) in [5.41, 5.74) is 11.2. The molecule has 0 N–H and O–H groups in total. The van der Waals surface area contributed by atoms with E-state index in [2.05, 4.69) is 81.9 Å². The lowest BCUT2D eigenvalue weighted by Crippen LogP contribution is -1.99. The van der Waals surface area contributed by atoms with Gasteiger partial charge in [0.15, 0.2) is 11.2 Å². The molecule has 0 atom stereocenters. The fourth-order valence-corrected chi connectivity index (χ4v) is 9.00. The van der Waals surface area contributed by atoms with E-state index in [-0.39, 0.29) is 0 Å². The van der Waals surface area contributed by atoms with Gasteiger partial charge < -0.3 is 18.0 Å². The number of aromatic nitrogens is 2. The molecule has 258 valence electrons. The molecule has 0 radical (unpaired) electrons. The summed E-state index contributed by atoms with van der Waals surface area (Å²) in [6.07, 6.45) is 0. The summed E-state index contributed by atoms with van der Waals surface area (Å²) < 4.78 is 17.5. The van der Waals surface area contributed by atoms with Crippen LogP contribution < -0.4 is 0 Å². The van der Waals surface area contributed by atoms with E-state index >= 15 is 0 Å². The maximum absolute atomic E-state index is 10.7. The van der Waals surface area contributed by atoms with Crippen LogP contribution in [0.3, 0.4) is 0 Å². The second-order valence-corrected chi connectivity index (χ2v) is 14.3. The average Bonchev–Trinajstić information content (AvgIpc) is 4.01. The molecule has 0 aliphatic carbocycles. The molecule has 12 rings (SSSR count). The molecule has 0 saturated carbocycles. The number of fused-ring (bicyclic) bond motifs is 14. The Morgan fingerprint density at radius 2 is 0.768 bits per heavy atom. The van der Waals surface area contributed by atoms with Crippen molar-refractivity contribution in [2.75, 3.05) is 0 Å². The molecular weight excluding hydrogens is 689 g/mol. The topological polar surface area (TPSA) is 83.7 Å². The zero-order chi connectivity index (χ0) is 37.1. The summed E-state index contributed by atoms with van der Waals surface area (Å²) in [7, 11) is 0. The maximum atomic E-state index is 10.7. The maximum Gasteiger partial charge on any atom is 0.160 e. The Labute approximate surface area is 318 Å². The molecule has 6 heteroatoms. The van der Waals surface area contributed by atoms with Crippen LogP contribution in [0.25, 0.3) is 110 Å². The van der Waals surface area contributed by atoms with Crippen LogP contribution in [0.15, 0.2) is 167 Å². The highest BCUT2D eigenvalue weighted by atomic mass is 16.3. The van der Waals surface area contributed by atoms with Crippen LogP contribution in [0.2, 0.25) is 0 Å². The van der Waals surface area contributed by atoms with Crippen LogP contribution in [0.5, 0.6) is 0 Å². The number of rotatable bonds is 3. The number of furan rings is 2. The van der Waals surface area contributed by atoms with Gasteiger partial charge in [-0.15, -0.1) is 0 Å². The van der Waals surface area contributed by atoms with Gasteiger partial charge in [-0.25, -0.2) is 0 Å². The zero-order valence-corrected chi connectivity index (χ0v) is 29.6. The number of nitrogens with zero attached hydrogens (tertiary/aromatic N) is 4. The van der Waals surface area contributed by atoms with E-state index in [9.17, 15) is 10.5 Å². The Bertz CT molecular complexity index is 3500. The fourth-order valence-electron chi connectivity index (χ4n) is 9.00. The Balaban J connectivity index is 1.06. The number of hydrogen-bond acceptors (Lipinski definition) is 4. The molecule has 0 aliphatic rings. The molecule has 4 heterocycles. The first-order valence-corrected chi connectivity index (χ1v) is 18.5. The summed E-state index contributed by atoms with van der Waals surface area (Å²) in [6, 6.07) is 58.1. The summed E-state index contributed by atoms with van der Waals surface area (Å²) in [6.45, 7) is 0. The van der Waals surface area contributed by atoms with Gasteiger partial charge in [0.1, 0.15) is 11.2 Å². The van der Waals surface area contributed by atoms with Crippen molar-refractivity contribution < 1.29 is 8.83 Å². The average molecular weight is 715 g/mol. The molecule has 4 aromatic heterocycles. The zero-order valence-electron chi connectivity index (χ0n) is 29.6. The van der Waals surface area contributed by atoms with Gasteiger partial charge in [0.2, 0.25) is 0 Å². The molecule has 6 nitrogen and oxygen atoms in total. The molecule has 0 unspecified atom stereocenters. The van der Waals surface area contributed by atoms with E-state index in [1.165, 1.54) is 0 Å². The Morgan fingerprint density at radius 1 is 0.375 bits per heavy atom. The minimum absolute atomic E-state index is 0.468. The van der Waals surface area contributed by atoms with Gasteiger partial charge in [-0.3, -0.25) is 0 Å². The van der Waals surface area contributed by atoms with E-state index in [0.29, 0.717) is 22.3 Å². The summed E-state index contributed by atoms with van der Waals surface area (Å²) in [5.74, 6) is 0. The van der Waals surface area contributed by atoms with Crippen molar-refractivity contribution in [3.8, 4) is 34.6 Å². The first kappa shape index (κ1) is 30.4. The van der Waals surface area contributed by atoms with Gasteiger partial charge in [0.25, 0.3) is 0 Å². The lowest BCUT2D eigenvalue weighted by molar-refractivity contribution is 0.670. The number of para-hydroxylation sites is 4. The molecule has 0 bridgehead atoms. The highest BCUT2D eigenvalue weighted by molar-refractivity contribution is 6.23. The highest BCUT2D eigenvalue weighted by Crippen LogP contribution is 2.43. The van der Waals surface area contributed by atoms with Crippen LogP contribution in [0, 0.1) is 22.7 Å². The lowest BCUT2D eigenvalue weighted by atomic mass is 9.95. The quantitative estimate of drug-likeness (QED) is 0.182. The van der Waals surface area contributed by atoms with E-state index < -0.39 is 0 Å². The van der Waals surface area contributed by atoms with Crippen molar-refractivity contribution in [3.63, 3.8) is 0 Å². The van der Waals surface area contributed by atoms with Crippen LogP contribution >= 0.6 is 0 Å². The summed E-state index contributed by atoms with van der Waals surface area (Å²) in [4.78, 5) is 0. The van der Waals surface area contributed by atoms with Crippen LogP contribution in [0.4, 0.5) is 0 Å². The molecule has 56 heavy (non-hydrogen) atoms. The fraction of sp³-hybridized carbons (Fsp3) is 0. The summed E-state index contributed by atoms with van der Waals surface area (Å²) in [5, 5.41) is 29.9. The van der Waals surface area contributed by atoms with Gasteiger partial charge in [-0.2, -0.15) is 10.5 Å². The molecule has 0 amide bonds. The van der Waals surface area contributed by atoms with Crippen molar-refractivity contribution in [1.82, 2.24) is 9.13 Å². The minimum Gasteiger partial charge on any atom is -0.454 e. The number of hydrogen-bond donors (Lipinski definition) is 0. The van der Waals surface area contributed by atoms with Gasteiger partial charge >= 0.3 is 0 Å². The minimum atomic E-state index is 0.468. The first-order valence-electron chi connectivity index (χ1n) is 18.5. The van der Waals surface area contributed by atoms with Crippen molar-refractivity contribution in [3.05, 3.63) is 169 Å². The first-order chi connectivity index (χ1) is 27.7. The standard InChI is InChI=1S/C50H26N4O2/c51-27-29-25-31(53-43-13-5-1-9-35(43)39-21-23-41-37-11-3-7-15-45(37)55-49(41)47(39)53)17-19-33(29)34-20-18-32(26-30(34)28-52)54-44-14-6-2-10-36(44)40-22-24-42-38-12-4-8-16-46(38)56-50(42)48(40)54/h1-26H. The number of benzene rings is 8. The summed E-state index contributed by atoms with van der Waals surface area (Å²) >= 11 is 0. The van der Waals surface area contributed by atoms with Gasteiger partial charge in [0.05, 0.1) is 45.3 Å². The van der Waals surface area contributed by atoms with E-state index in [4.69, 9.17) is 8.83 Å². The predicted octanol–water partition coefficient (Wildman–Crippen LogP) is 13.1. The SMILES string of the molecule is N#Cc1cc(-n2c3ccccc3c3ccc4c5ccccc5oc4c32)ccc1-c1ccc(-n2c3ccccc3c3ccc4c5ccccc5oc4c32)cc1C#N. The molecular formula is C50H26N4O2. The van der Waals surface area contributed by atoms with Gasteiger partial charge in [-0.05, 0) is 60.7 Å². The van der Waals surface area contributed by atoms with Gasteiger partial charge in [-0.1, -0.05) is 97.1 Å². The van der Waals surface area contributed by atoms with Crippen LogP contribution in [-0.2, 0) is 0 Å². The number of nitriles is 2. The third-order valence-electron chi connectivity index (χ3n) is 11.4. The smallest absolute Gasteiger partial charge is 0.160 e. The van der Waals surface area contributed by atoms with Crippen molar-refractivity contribution in [2.24, 2.45) is 0 Å². The third kappa shape index (κ3) is 4.02. The van der Waals surface area contributed by atoms with Crippen molar-refractivity contribution in [1.29, 1.82) is 10.5 Å². The van der Waals surface area contributed by atoms with Crippen LogP contribution in [0.1, 0.15) is 11.1 Å². The molecule has 8 aromatic carbocycles. The molecule has 12 aromatic rings. The van der Waals surface area contributed by atoms with Crippen LogP contribution in [-0.4, -0.2) is 9.13 Å². The molecule has 0 fully saturated rings. The largest absolute Gasteiger partial charge is 0.454 e.